The molecule has 1 aromatic rings. The molecular formula is C15H22N2O. The molecule has 18 heavy (non-hydrogen) atoms. The van der Waals surface area contributed by atoms with Crippen molar-refractivity contribution < 1.29 is 4.79 Å². The Morgan fingerprint density at radius 2 is 1.94 bits per heavy atom. The molecule has 0 aliphatic heterocycles. The van der Waals surface area contributed by atoms with E-state index in [1.807, 2.05) is 24.3 Å². The van der Waals surface area contributed by atoms with Crippen LogP contribution in [0.1, 0.15) is 38.2 Å². The van der Waals surface area contributed by atoms with E-state index in [0.717, 1.165) is 11.3 Å². The lowest BCUT2D eigenvalue weighted by Gasteiger charge is -2.20. The summed E-state index contributed by atoms with van der Waals surface area (Å²) < 4.78 is 0. The van der Waals surface area contributed by atoms with Crippen LogP contribution in [0.2, 0.25) is 0 Å². The second kappa shape index (κ2) is 5.89. The van der Waals surface area contributed by atoms with Crippen molar-refractivity contribution in [1.82, 2.24) is 5.32 Å². The Hall–Kier alpha value is -1.51. The van der Waals surface area contributed by atoms with Crippen LogP contribution in [0, 0.1) is 5.92 Å². The molecule has 3 heteroatoms. The molecule has 0 bridgehead atoms. The van der Waals surface area contributed by atoms with Crippen LogP contribution < -0.4 is 11.1 Å². The summed E-state index contributed by atoms with van der Waals surface area (Å²) in [6.45, 7) is 2.12. The number of hydrogen-bond donors (Lipinski definition) is 2. The second-order valence-corrected chi connectivity index (χ2v) is 5.32. The molecule has 1 unspecified atom stereocenters. The van der Waals surface area contributed by atoms with Crippen molar-refractivity contribution in [2.24, 2.45) is 5.92 Å². The number of hydrogen-bond acceptors (Lipinski definition) is 2. The number of anilines is 1. The molecule has 0 heterocycles. The fourth-order valence-electron chi connectivity index (χ4n) is 2.70. The minimum Gasteiger partial charge on any atom is -0.399 e. The van der Waals surface area contributed by atoms with E-state index in [1.54, 1.807) is 0 Å². The van der Waals surface area contributed by atoms with Gasteiger partial charge in [0.05, 0.1) is 6.42 Å². The maximum absolute atomic E-state index is 11.9. The molecule has 0 spiro atoms. The van der Waals surface area contributed by atoms with Gasteiger partial charge in [-0.1, -0.05) is 25.0 Å². The standard InChI is InChI=1S/C15H22N2O/c1-11(13-4-2-3-5-13)17-15(18)10-12-6-8-14(16)9-7-12/h6-9,11,13H,2-5,10,16H2,1H3,(H,17,18). The van der Waals surface area contributed by atoms with Crippen LogP contribution in [0.15, 0.2) is 24.3 Å². The lowest BCUT2D eigenvalue weighted by Crippen LogP contribution is -2.38. The highest BCUT2D eigenvalue weighted by Gasteiger charge is 2.22. The van der Waals surface area contributed by atoms with Gasteiger partial charge in [-0.2, -0.15) is 0 Å². The van der Waals surface area contributed by atoms with Gasteiger partial charge in [-0.15, -0.1) is 0 Å². The molecule has 1 aromatic carbocycles. The van der Waals surface area contributed by atoms with E-state index in [1.165, 1.54) is 25.7 Å². The van der Waals surface area contributed by atoms with E-state index in [2.05, 4.69) is 12.2 Å². The molecule has 1 fully saturated rings. The number of carbonyl (C=O) groups is 1. The summed E-state index contributed by atoms with van der Waals surface area (Å²) in [5.41, 5.74) is 7.37. The average molecular weight is 246 g/mol. The number of nitrogens with one attached hydrogen (secondary N) is 1. The van der Waals surface area contributed by atoms with Crippen LogP contribution in [-0.2, 0) is 11.2 Å². The molecule has 3 N–H and O–H groups in total. The van der Waals surface area contributed by atoms with Crippen molar-refractivity contribution in [1.29, 1.82) is 0 Å². The Morgan fingerprint density at radius 1 is 1.33 bits per heavy atom. The number of nitrogen functional groups attached to an aromatic ring is 1. The van der Waals surface area contributed by atoms with Gasteiger partial charge >= 0.3 is 0 Å². The van der Waals surface area contributed by atoms with Gasteiger partial charge in [0, 0.05) is 11.7 Å². The van der Waals surface area contributed by atoms with Gasteiger partial charge in [0.25, 0.3) is 0 Å². The summed E-state index contributed by atoms with van der Waals surface area (Å²) in [6.07, 6.45) is 5.57. The van der Waals surface area contributed by atoms with Crippen molar-refractivity contribution >= 4 is 11.6 Å². The molecule has 1 amide bonds. The molecular weight excluding hydrogens is 224 g/mol. The Balaban J connectivity index is 1.82. The van der Waals surface area contributed by atoms with Crippen molar-refractivity contribution in [3.05, 3.63) is 29.8 Å². The number of carbonyl (C=O) groups excluding carboxylic acids is 1. The number of benzene rings is 1. The van der Waals surface area contributed by atoms with Gasteiger partial charge in [0.2, 0.25) is 5.91 Å². The van der Waals surface area contributed by atoms with Gasteiger partial charge in [-0.25, -0.2) is 0 Å². The third-order valence-electron chi connectivity index (χ3n) is 3.84. The van der Waals surface area contributed by atoms with E-state index in [9.17, 15) is 4.79 Å². The molecule has 1 aliphatic carbocycles. The predicted molar refractivity (Wildman–Crippen MR) is 74.1 cm³/mol. The van der Waals surface area contributed by atoms with Crippen molar-refractivity contribution in [3.8, 4) is 0 Å². The van der Waals surface area contributed by atoms with Gasteiger partial charge in [0.15, 0.2) is 0 Å². The number of amides is 1. The Bertz CT molecular complexity index is 393. The van der Waals surface area contributed by atoms with E-state index < -0.39 is 0 Å². The van der Waals surface area contributed by atoms with Gasteiger partial charge in [-0.05, 0) is 43.4 Å². The van der Waals surface area contributed by atoms with Crippen LogP contribution in [-0.4, -0.2) is 11.9 Å². The largest absolute Gasteiger partial charge is 0.399 e. The molecule has 2 rings (SSSR count). The minimum absolute atomic E-state index is 0.110. The summed E-state index contributed by atoms with van der Waals surface area (Å²) in [6, 6.07) is 7.80. The fraction of sp³-hybridized carbons (Fsp3) is 0.533. The van der Waals surface area contributed by atoms with Gasteiger partial charge in [-0.3, -0.25) is 4.79 Å². The Kier molecular flexibility index (Phi) is 4.24. The van der Waals surface area contributed by atoms with Crippen LogP contribution in [0.5, 0.6) is 0 Å². The predicted octanol–water partition coefficient (Wildman–Crippen LogP) is 2.51. The third-order valence-corrected chi connectivity index (χ3v) is 3.84. The summed E-state index contributed by atoms with van der Waals surface area (Å²) in [5, 5.41) is 3.11. The van der Waals surface area contributed by atoms with Crippen LogP contribution in [0.25, 0.3) is 0 Å². The quantitative estimate of drug-likeness (QED) is 0.802. The van der Waals surface area contributed by atoms with Crippen molar-refractivity contribution in [2.75, 3.05) is 5.73 Å². The van der Waals surface area contributed by atoms with E-state index in [-0.39, 0.29) is 5.91 Å². The zero-order valence-corrected chi connectivity index (χ0v) is 11.0. The second-order valence-electron chi connectivity index (χ2n) is 5.32. The van der Waals surface area contributed by atoms with Crippen molar-refractivity contribution in [3.63, 3.8) is 0 Å². The Labute approximate surface area is 109 Å². The highest BCUT2D eigenvalue weighted by Crippen LogP contribution is 2.27. The molecule has 0 aromatic heterocycles. The van der Waals surface area contributed by atoms with Gasteiger partial charge < -0.3 is 11.1 Å². The van der Waals surface area contributed by atoms with Crippen LogP contribution in [0.4, 0.5) is 5.69 Å². The van der Waals surface area contributed by atoms with E-state index in [0.29, 0.717) is 18.4 Å². The average Bonchev–Trinajstić information content (AvgIpc) is 2.85. The molecule has 98 valence electrons. The molecule has 3 nitrogen and oxygen atoms in total. The zero-order chi connectivity index (χ0) is 13.0. The summed E-state index contributed by atoms with van der Waals surface area (Å²) in [7, 11) is 0. The molecule has 1 atom stereocenters. The summed E-state index contributed by atoms with van der Waals surface area (Å²) in [4.78, 5) is 11.9. The maximum atomic E-state index is 11.9. The minimum atomic E-state index is 0.110. The highest BCUT2D eigenvalue weighted by molar-refractivity contribution is 5.78. The first-order chi connectivity index (χ1) is 8.65. The first-order valence-electron chi connectivity index (χ1n) is 6.79. The highest BCUT2D eigenvalue weighted by atomic mass is 16.1. The number of rotatable bonds is 4. The lowest BCUT2D eigenvalue weighted by molar-refractivity contribution is -0.121. The smallest absolute Gasteiger partial charge is 0.224 e. The Morgan fingerprint density at radius 3 is 2.56 bits per heavy atom. The first kappa shape index (κ1) is 12.9. The lowest BCUT2D eigenvalue weighted by atomic mass is 9.99. The molecule has 0 saturated heterocycles. The summed E-state index contributed by atoms with van der Waals surface area (Å²) >= 11 is 0. The number of nitrogens with two attached hydrogens (primary N) is 1. The van der Waals surface area contributed by atoms with E-state index >= 15 is 0 Å². The van der Waals surface area contributed by atoms with Gasteiger partial charge in [0.1, 0.15) is 0 Å². The molecule has 1 aliphatic rings. The van der Waals surface area contributed by atoms with Crippen molar-refractivity contribution in [2.45, 2.75) is 45.1 Å². The first-order valence-corrected chi connectivity index (χ1v) is 6.79. The SMILES string of the molecule is CC(NC(=O)Cc1ccc(N)cc1)C1CCCC1. The van der Waals surface area contributed by atoms with Crippen LogP contribution in [0.3, 0.4) is 0 Å². The molecule has 0 radical (unpaired) electrons. The maximum Gasteiger partial charge on any atom is 0.224 e. The van der Waals surface area contributed by atoms with E-state index in [4.69, 9.17) is 5.73 Å². The normalized spacial score (nSPS) is 17.6. The molecule has 1 saturated carbocycles. The topological polar surface area (TPSA) is 55.1 Å². The third kappa shape index (κ3) is 3.49. The zero-order valence-electron chi connectivity index (χ0n) is 11.0. The summed E-state index contributed by atoms with van der Waals surface area (Å²) in [5.74, 6) is 0.777. The van der Waals surface area contributed by atoms with Crippen LogP contribution >= 0.6 is 0 Å². The monoisotopic (exact) mass is 246 g/mol. The fourth-order valence-corrected chi connectivity index (χ4v) is 2.70.